The van der Waals surface area contributed by atoms with Gasteiger partial charge in [-0.3, -0.25) is 0 Å². The highest BCUT2D eigenvalue weighted by Crippen LogP contribution is 2.36. The van der Waals surface area contributed by atoms with Gasteiger partial charge in [-0.1, -0.05) is 42.5 Å². The number of carbonyl (C=O) groups excluding carboxylic acids is 1. The fraction of sp³-hybridized carbons (Fsp3) is 0.185. The second-order valence-electron chi connectivity index (χ2n) is 7.66. The molecule has 166 valence electrons. The molecule has 0 bridgehead atoms. The van der Waals surface area contributed by atoms with Crippen molar-refractivity contribution in [2.75, 3.05) is 19.0 Å². The van der Waals surface area contributed by atoms with E-state index < -0.39 is 0 Å². The van der Waals surface area contributed by atoms with Crippen LogP contribution in [0.15, 0.2) is 72.8 Å². The number of benzene rings is 3. The molecule has 0 aliphatic carbocycles. The van der Waals surface area contributed by atoms with Crippen molar-refractivity contribution in [3.8, 4) is 23.1 Å². The van der Waals surface area contributed by atoms with Gasteiger partial charge in [0.2, 0.25) is 0 Å². The van der Waals surface area contributed by atoms with Crippen LogP contribution in [0.5, 0.6) is 5.75 Å². The fourth-order valence-electron chi connectivity index (χ4n) is 4.08. The largest absolute Gasteiger partial charge is 0.497 e. The minimum atomic E-state index is -0.260. The van der Waals surface area contributed by atoms with E-state index in [1.807, 2.05) is 79.7 Å². The molecule has 0 aliphatic heterocycles. The Morgan fingerprint density at radius 1 is 1.06 bits per heavy atom. The zero-order valence-corrected chi connectivity index (χ0v) is 18.8. The lowest BCUT2D eigenvalue weighted by Gasteiger charge is -2.12. The van der Waals surface area contributed by atoms with Gasteiger partial charge in [0.25, 0.3) is 0 Å². The van der Waals surface area contributed by atoms with Crippen LogP contribution in [-0.2, 0) is 13.0 Å². The number of urea groups is 1. The molecular formula is C27H26N4O2. The molecule has 3 aromatic carbocycles. The summed E-state index contributed by atoms with van der Waals surface area (Å²) in [5.74, 6) is 0.744. The summed E-state index contributed by atoms with van der Waals surface area (Å²) >= 11 is 0. The van der Waals surface area contributed by atoms with Crippen molar-refractivity contribution in [1.29, 1.82) is 5.26 Å². The molecular weight excluding hydrogens is 412 g/mol. The molecule has 33 heavy (non-hydrogen) atoms. The van der Waals surface area contributed by atoms with E-state index in [9.17, 15) is 10.1 Å². The van der Waals surface area contributed by atoms with Gasteiger partial charge in [-0.2, -0.15) is 5.26 Å². The molecule has 2 N–H and O–H groups in total. The summed E-state index contributed by atoms with van der Waals surface area (Å²) < 4.78 is 7.49. The summed E-state index contributed by atoms with van der Waals surface area (Å²) in [5, 5.41) is 16.6. The fourth-order valence-corrected chi connectivity index (χ4v) is 4.08. The number of amides is 2. The highest BCUT2D eigenvalue weighted by Gasteiger charge is 2.19. The molecule has 1 heterocycles. The first-order valence-electron chi connectivity index (χ1n) is 10.9. The zero-order valence-electron chi connectivity index (χ0n) is 18.8. The van der Waals surface area contributed by atoms with Crippen molar-refractivity contribution in [2.24, 2.45) is 0 Å². The molecule has 2 amide bonds. The second-order valence-corrected chi connectivity index (χ2v) is 7.66. The number of nitrogens with one attached hydrogen (secondary N) is 2. The van der Waals surface area contributed by atoms with Crippen molar-refractivity contribution in [2.45, 2.75) is 19.9 Å². The van der Waals surface area contributed by atoms with E-state index in [4.69, 9.17) is 4.74 Å². The topological polar surface area (TPSA) is 79.1 Å². The summed E-state index contributed by atoms with van der Waals surface area (Å²) in [6.45, 7) is 3.28. The lowest BCUT2D eigenvalue weighted by Crippen LogP contribution is -2.30. The van der Waals surface area contributed by atoms with Crippen LogP contribution in [0.3, 0.4) is 0 Å². The standard InChI is InChI=1S/C27H26N4O2/c1-3-31-25-17-22(33-2)12-13-23(25)24(18-28)26(31)20-10-7-11-21(16-20)30-27(32)29-15-14-19-8-5-4-6-9-19/h4-13,16-17H,3,14-15H2,1-2H3,(H2,29,30,32). The van der Waals surface area contributed by atoms with E-state index in [0.717, 1.165) is 34.3 Å². The van der Waals surface area contributed by atoms with Gasteiger partial charge in [0.05, 0.1) is 23.9 Å². The number of ether oxygens (including phenoxy) is 1. The molecule has 6 heteroatoms. The number of methoxy groups -OCH3 is 1. The summed E-state index contributed by atoms with van der Waals surface area (Å²) in [4.78, 5) is 12.4. The average molecular weight is 439 g/mol. The van der Waals surface area contributed by atoms with Crippen molar-refractivity contribution in [3.63, 3.8) is 0 Å². The van der Waals surface area contributed by atoms with Gasteiger partial charge in [-0.25, -0.2) is 4.79 Å². The van der Waals surface area contributed by atoms with Gasteiger partial charge in [0, 0.05) is 35.8 Å². The third kappa shape index (κ3) is 4.68. The number of hydrogen-bond acceptors (Lipinski definition) is 3. The summed E-state index contributed by atoms with van der Waals surface area (Å²) in [6.07, 6.45) is 0.764. The van der Waals surface area contributed by atoms with E-state index in [2.05, 4.69) is 21.3 Å². The second kappa shape index (κ2) is 9.92. The van der Waals surface area contributed by atoms with E-state index in [1.54, 1.807) is 7.11 Å². The first kappa shape index (κ1) is 22.0. The Kier molecular flexibility index (Phi) is 6.61. The number of aryl methyl sites for hydroxylation is 1. The number of nitrogens with zero attached hydrogens (tertiary/aromatic N) is 2. The minimum absolute atomic E-state index is 0.260. The smallest absolute Gasteiger partial charge is 0.319 e. The Morgan fingerprint density at radius 3 is 2.61 bits per heavy atom. The third-order valence-corrected chi connectivity index (χ3v) is 5.64. The van der Waals surface area contributed by atoms with Crippen LogP contribution in [0.1, 0.15) is 18.1 Å². The Balaban J connectivity index is 1.57. The Hall–Kier alpha value is -4.24. The van der Waals surface area contributed by atoms with Crippen molar-refractivity contribution in [1.82, 2.24) is 9.88 Å². The molecule has 0 radical (unpaired) electrons. The number of rotatable bonds is 7. The monoisotopic (exact) mass is 438 g/mol. The van der Waals surface area contributed by atoms with Crippen molar-refractivity contribution >= 4 is 22.6 Å². The molecule has 1 aromatic heterocycles. The molecule has 0 spiro atoms. The SMILES string of the molecule is CCn1c(-c2cccc(NC(=O)NCCc3ccccc3)c2)c(C#N)c2ccc(OC)cc21. The molecule has 0 unspecified atom stereocenters. The van der Waals surface area contributed by atoms with Gasteiger partial charge >= 0.3 is 6.03 Å². The maximum atomic E-state index is 12.4. The van der Waals surface area contributed by atoms with Crippen LogP contribution < -0.4 is 15.4 Å². The third-order valence-electron chi connectivity index (χ3n) is 5.64. The predicted octanol–water partition coefficient (Wildman–Crippen LogP) is 5.57. The molecule has 6 nitrogen and oxygen atoms in total. The van der Waals surface area contributed by atoms with Crippen LogP contribution >= 0.6 is 0 Å². The first-order valence-corrected chi connectivity index (χ1v) is 10.9. The molecule has 4 aromatic rings. The van der Waals surface area contributed by atoms with Crippen LogP contribution in [-0.4, -0.2) is 24.3 Å². The quantitative estimate of drug-likeness (QED) is 0.396. The molecule has 4 rings (SSSR count). The number of aromatic nitrogens is 1. The van der Waals surface area contributed by atoms with Crippen molar-refractivity contribution in [3.05, 3.63) is 83.9 Å². The normalized spacial score (nSPS) is 10.6. The summed E-state index contributed by atoms with van der Waals surface area (Å²) in [7, 11) is 1.63. The molecule has 0 fully saturated rings. The van der Waals surface area contributed by atoms with E-state index in [0.29, 0.717) is 24.3 Å². The van der Waals surface area contributed by atoms with Crippen molar-refractivity contribution < 1.29 is 9.53 Å². The van der Waals surface area contributed by atoms with Crippen LogP contribution in [0.4, 0.5) is 10.5 Å². The van der Waals surface area contributed by atoms with Gasteiger partial charge < -0.3 is 19.9 Å². The Labute approximate surface area is 193 Å². The van der Waals surface area contributed by atoms with E-state index in [-0.39, 0.29) is 6.03 Å². The lowest BCUT2D eigenvalue weighted by atomic mass is 10.1. The minimum Gasteiger partial charge on any atom is -0.497 e. The van der Waals surface area contributed by atoms with E-state index >= 15 is 0 Å². The van der Waals surface area contributed by atoms with Crippen LogP contribution in [0.25, 0.3) is 22.2 Å². The number of carbonyl (C=O) groups is 1. The van der Waals surface area contributed by atoms with Crippen LogP contribution in [0, 0.1) is 11.3 Å². The molecule has 0 aliphatic rings. The predicted molar refractivity (Wildman–Crippen MR) is 131 cm³/mol. The highest BCUT2D eigenvalue weighted by molar-refractivity contribution is 5.96. The lowest BCUT2D eigenvalue weighted by molar-refractivity contribution is 0.252. The number of fused-ring (bicyclic) bond motifs is 1. The molecule has 0 saturated carbocycles. The number of nitriles is 1. The Bertz CT molecular complexity index is 1320. The molecule has 0 atom stereocenters. The molecule has 0 saturated heterocycles. The van der Waals surface area contributed by atoms with Gasteiger partial charge in [-0.05, 0) is 43.2 Å². The average Bonchev–Trinajstić information content (AvgIpc) is 3.17. The highest BCUT2D eigenvalue weighted by atomic mass is 16.5. The number of hydrogen-bond donors (Lipinski definition) is 2. The van der Waals surface area contributed by atoms with Gasteiger partial charge in [-0.15, -0.1) is 0 Å². The maximum Gasteiger partial charge on any atom is 0.319 e. The first-order chi connectivity index (χ1) is 16.1. The van der Waals surface area contributed by atoms with E-state index in [1.165, 1.54) is 5.56 Å². The Morgan fingerprint density at radius 2 is 1.88 bits per heavy atom. The van der Waals surface area contributed by atoms with Crippen LogP contribution in [0.2, 0.25) is 0 Å². The number of anilines is 1. The maximum absolute atomic E-state index is 12.4. The summed E-state index contributed by atoms with van der Waals surface area (Å²) in [5.41, 5.74) is 5.09. The summed E-state index contributed by atoms with van der Waals surface area (Å²) in [6, 6.07) is 25.5. The van der Waals surface area contributed by atoms with Gasteiger partial charge in [0.1, 0.15) is 11.8 Å². The van der Waals surface area contributed by atoms with Gasteiger partial charge in [0.15, 0.2) is 0 Å². The zero-order chi connectivity index (χ0) is 23.2.